The summed E-state index contributed by atoms with van der Waals surface area (Å²) in [4.78, 5) is 0. The molecule has 2 nitrogen and oxygen atoms in total. The molecule has 1 fully saturated rings. The van der Waals surface area contributed by atoms with Crippen LogP contribution >= 0.6 is 11.6 Å². The minimum Gasteiger partial charge on any atom is -0.372 e. The quantitative estimate of drug-likeness (QED) is 0.828. The first-order valence-corrected chi connectivity index (χ1v) is 5.30. The van der Waals surface area contributed by atoms with Crippen molar-refractivity contribution < 1.29 is 4.74 Å². The predicted molar refractivity (Wildman–Crippen MR) is 57.5 cm³/mol. The fourth-order valence-electron chi connectivity index (χ4n) is 1.59. The summed E-state index contributed by atoms with van der Waals surface area (Å²) in [6, 6.07) is 7.82. The summed E-state index contributed by atoms with van der Waals surface area (Å²) < 4.78 is 5.72. The van der Waals surface area contributed by atoms with Crippen molar-refractivity contribution in [2.75, 3.05) is 13.1 Å². The summed E-state index contributed by atoms with van der Waals surface area (Å²) in [5.74, 6) is 0. The number of halogens is 1. The lowest BCUT2D eigenvalue weighted by molar-refractivity contribution is 0.0543. The maximum absolute atomic E-state index is 6.01. The molecule has 1 aliphatic rings. The van der Waals surface area contributed by atoms with Gasteiger partial charge in [0.2, 0.25) is 0 Å². The molecule has 0 radical (unpaired) electrons. The zero-order chi connectivity index (χ0) is 9.80. The molecule has 0 aromatic heterocycles. The zero-order valence-corrected chi connectivity index (χ0v) is 8.76. The maximum atomic E-state index is 6.01. The molecule has 1 aromatic carbocycles. The van der Waals surface area contributed by atoms with Gasteiger partial charge in [0.05, 0.1) is 12.7 Å². The summed E-state index contributed by atoms with van der Waals surface area (Å²) >= 11 is 6.01. The molecule has 1 N–H and O–H groups in total. The van der Waals surface area contributed by atoms with Gasteiger partial charge in [0.15, 0.2) is 0 Å². The highest BCUT2D eigenvalue weighted by molar-refractivity contribution is 6.31. The van der Waals surface area contributed by atoms with Crippen LogP contribution in [0.4, 0.5) is 0 Å². The second kappa shape index (κ2) is 4.78. The lowest BCUT2D eigenvalue weighted by atomic mass is 10.2. The van der Waals surface area contributed by atoms with Crippen LogP contribution in [0.15, 0.2) is 24.3 Å². The first-order valence-electron chi connectivity index (χ1n) is 4.92. The number of hydrogen-bond acceptors (Lipinski definition) is 2. The maximum Gasteiger partial charge on any atom is 0.0735 e. The van der Waals surface area contributed by atoms with Crippen molar-refractivity contribution in [3.63, 3.8) is 0 Å². The fraction of sp³-hybridized carbons (Fsp3) is 0.455. The molecule has 14 heavy (non-hydrogen) atoms. The van der Waals surface area contributed by atoms with Gasteiger partial charge in [-0.3, -0.25) is 0 Å². The van der Waals surface area contributed by atoms with Gasteiger partial charge < -0.3 is 10.1 Å². The fourth-order valence-corrected chi connectivity index (χ4v) is 1.78. The van der Waals surface area contributed by atoms with Crippen LogP contribution in [0.25, 0.3) is 0 Å². The monoisotopic (exact) mass is 211 g/mol. The van der Waals surface area contributed by atoms with Gasteiger partial charge in [0.1, 0.15) is 0 Å². The van der Waals surface area contributed by atoms with Crippen LogP contribution in [-0.2, 0) is 11.3 Å². The predicted octanol–water partition coefficient (Wildman–Crippen LogP) is 2.22. The van der Waals surface area contributed by atoms with E-state index in [0.717, 1.165) is 30.1 Å². The molecule has 1 atom stereocenters. The lowest BCUT2D eigenvalue weighted by Crippen LogP contribution is -2.16. The summed E-state index contributed by atoms with van der Waals surface area (Å²) in [5, 5.41) is 4.06. The Morgan fingerprint density at radius 1 is 1.43 bits per heavy atom. The van der Waals surface area contributed by atoms with Gasteiger partial charge in [0.25, 0.3) is 0 Å². The van der Waals surface area contributed by atoms with Crippen molar-refractivity contribution in [1.29, 1.82) is 0 Å². The normalized spacial score (nSPS) is 21.4. The Hall–Kier alpha value is -0.570. The van der Waals surface area contributed by atoms with Gasteiger partial charge in [-0.25, -0.2) is 0 Å². The van der Waals surface area contributed by atoms with E-state index in [1.807, 2.05) is 24.3 Å². The lowest BCUT2D eigenvalue weighted by Gasteiger charge is -2.11. The molecule has 1 aromatic rings. The molecule has 0 bridgehead atoms. The van der Waals surface area contributed by atoms with Gasteiger partial charge >= 0.3 is 0 Å². The van der Waals surface area contributed by atoms with E-state index in [2.05, 4.69) is 5.32 Å². The number of ether oxygens (including phenoxy) is 1. The minimum absolute atomic E-state index is 0.353. The highest BCUT2D eigenvalue weighted by atomic mass is 35.5. The molecule has 2 rings (SSSR count). The molecule has 1 saturated heterocycles. The standard InChI is InChI=1S/C11H14ClNO/c12-11-4-2-1-3-9(11)8-14-10-5-6-13-7-10/h1-4,10,13H,5-8H2/t10-/m0/s1. The molecule has 0 aliphatic carbocycles. The molecule has 3 heteroatoms. The Kier molecular flexibility index (Phi) is 3.40. The molecule has 0 spiro atoms. The van der Waals surface area contributed by atoms with E-state index in [1.54, 1.807) is 0 Å². The van der Waals surface area contributed by atoms with E-state index in [1.165, 1.54) is 0 Å². The van der Waals surface area contributed by atoms with Crippen LogP contribution in [0.1, 0.15) is 12.0 Å². The van der Waals surface area contributed by atoms with Crippen LogP contribution < -0.4 is 5.32 Å². The summed E-state index contributed by atoms with van der Waals surface area (Å²) in [6.07, 6.45) is 1.45. The van der Waals surface area contributed by atoms with E-state index in [0.29, 0.717) is 12.7 Å². The van der Waals surface area contributed by atoms with E-state index in [4.69, 9.17) is 16.3 Å². The zero-order valence-electron chi connectivity index (χ0n) is 8.00. The highest BCUT2D eigenvalue weighted by Gasteiger charge is 2.14. The average Bonchev–Trinajstić information content (AvgIpc) is 2.69. The Balaban J connectivity index is 1.88. The summed E-state index contributed by atoms with van der Waals surface area (Å²) in [7, 11) is 0. The number of nitrogens with one attached hydrogen (secondary N) is 1. The van der Waals surface area contributed by atoms with Gasteiger partial charge in [-0.1, -0.05) is 29.8 Å². The van der Waals surface area contributed by atoms with Gasteiger partial charge in [0, 0.05) is 11.6 Å². The van der Waals surface area contributed by atoms with Crippen LogP contribution in [0.3, 0.4) is 0 Å². The summed E-state index contributed by atoms with van der Waals surface area (Å²) in [6.45, 7) is 2.64. The molecule has 0 unspecified atom stereocenters. The largest absolute Gasteiger partial charge is 0.372 e. The van der Waals surface area contributed by atoms with Crippen LogP contribution in [0.2, 0.25) is 5.02 Å². The average molecular weight is 212 g/mol. The van der Waals surface area contributed by atoms with Crippen LogP contribution in [-0.4, -0.2) is 19.2 Å². The third kappa shape index (κ3) is 2.47. The van der Waals surface area contributed by atoms with E-state index < -0.39 is 0 Å². The SMILES string of the molecule is Clc1ccccc1CO[C@H]1CCNC1. The molecular formula is C11H14ClNO. The Bertz CT molecular complexity index is 297. The van der Waals surface area contributed by atoms with E-state index in [9.17, 15) is 0 Å². The Labute approximate surface area is 89.2 Å². The number of hydrogen-bond donors (Lipinski definition) is 1. The molecular weight excluding hydrogens is 198 g/mol. The van der Waals surface area contributed by atoms with Crippen LogP contribution in [0.5, 0.6) is 0 Å². The first-order chi connectivity index (χ1) is 6.86. The molecule has 76 valence electrons. The molecule has 1 heterocycles. The highest BCUT2D eigenvalue weighted by Crippen LogP contribution is 2.17. The Morgan fingerprint density at radius 3 is 3.00 bits per heavy atom. The third-order valence-corrected chi connectivity index (χ3v) is 2.82. The van der Waals surface area contributed by atoms with Gasteiger partial charge in [-0.2, -0.15) is 0 Å². The van der Waals surface area contributed by atoms with Crippen LogP contribution in [0, 0.1) is 0 Å². The van der Waals surface area contributed by atoms with Crippen molar-refractivity contribution in [3.8, 4) is 0 Å². The van der Waals surface area contributed by atoms with E-state index >= 15 is 0 Å². The molecule has 1 aliphatic heterocycles. The second-order valence-electron chi connectivity index (χ2n) is 3.52. The smallest absolute Gasteiger partial charge is 0.0735 e. The summed E-state index contributed by atoms with van der Waals surface area (Å²) in [5.41, 5.74) is 1.07. The topological polar surface area (TPSA) is 21.3 Å². The number of rotatable bonds is 3. The third-order valence-electron chi connectivity index (χ3n) is 2.45. The second-order valence-corrected chi connectivity index (χ2v) is 3.92. The minimum atomic E-state index is 0.353. The van der Waals surface area contributed by atoms with Crippen molar-refractivity contribution in [2.45, 2.75) is 19.1 Å². The van der Waals surface area contributed by atoms with Gasteiger partial charge in [-0.15, -0.1) is 0 Å². The molecule has 0 saturated carbocycles. The Morgan fingerprint density at radius 2 is 2.29 bits per heavy atom. The molecule has 0 amide bonds. The van der Waals surface area contributed by atoms with Crippen molar-refractivity contribution in [3.05, 3.63) is 34.9 Å². The van der Waals surface area contributed by atoms with Crippen molar-refractivity contribution in [1.82, 2.24) is 5.32 Å². The van der Waals surface area contributed by atoms with Gasteiger partial charge in [-0.05, 0) is 24.6 Å². The van der Waals surface area contributed by atoms with Crippen molar-refractivity contribution >= 4 is 11.6 Å². The van der Waals surface area contributed by atoms with E-state index in [-0.39, 0.29) is 0 Å². The van der Waals surface area contributed by atoms with Crippen molar-refractivity contribution in [2.24, 2.45) is 0 Å². The number of benzene rings is 1. The first kappa shape index (κ1) is 9.97.